The molecular weight excluding hydrogens is 306 g/mol. The molecule has 1 rings (SSSR count). The Morgan fingerprint density at radius 2 is 1.36 bits per heavy atom. The number of hydrogen-bond donors (Lipinski definition) is 1. The minimum atomic E-state index is -1.29. The Morgan fingerprint density at radius 1 is 0.909 bits per heavy atom. The van der Waals surface area contributed by atoms with E-state index in [4.69, 9.17) is 0 Å². The second-order valence-corrected chi connectivity index (χ2v) is 17.5. The van der Waals surface area contributed by atoms with Gasteiger partial charge in [-0.1, -0.05) is 56.4 Å². The molecule has 0 heterocycles. The van der Waals surface area contributed by atoms with Crippen LogP contribution in [-0.4, -0.2) is 31.7 Å². The zero-order valence-corrected chi connectivity index (χ0v) is 18.6. The minimum absolute atomic E-state index is 0.0971. The summed E-state index contributed by atoms with van der Waals surface area (Å²) in [5.41, 5.74) is 1.34. The average molecular weight is 347 g/mol. The molecule has 0 aromatic rings. The fourth-order valence-electron chi connectivity index (χ4n) is 4.88. The third kappa shape index (κ3) is 4.91. The van der Waals surface area contributed by atoms with E-state index in [-0.39, 0.29) is 13.1 Å². The van der Waals surface area contributed by atoms with E-state index in [1.165, 1.54) is 19.3 Å². The van der Waals surface area contributed by atoms with Gasteiger partial charge in [-0.05, 0) is 56.0 Å². The van der Waals surface area contributed by atoms with Crippen LogP contribution >= 0.6 is 16.1 Å². The molecule has 1 N–H and O–H groups in total. The smallest absolute Gasteiger partial charge is 0.137 e. The quantitative estimate of drug-likeness (QED) is 0.574. The van der Waals surface area contributed by atoms with Crippen LogP contribution in [-0.2, 0) is 0 Å². The Balaban J connectivity index is 3.06. The van der Waals surface area contributed by atoms with E-state index >= 15 is 0 Å². The maximum Gasteiger partial charge on any atom is 0.137 e. The van der Waals surface area contributed by atoms with Crippen molar-refractivity contribution in [3.05, 3.63) is 0 Å². The normalized spacial score (nSPS) is 27.3. The highest BCUT2D eigenvalue weighted by atomic mass is 31.1. The molecule has 1 fully saturated rings. The first-order chi connectivity index (χ1) is 9.67. The van der Waals surface area contributed by atoms with Crippen LogP contribution in [0.1, 0.15) is 88.5 Å². The van der Waals surface area contributed by atoms with Gasteiger partial charge in [0.15, 0.2) is 0 Å². The predicted molar refractivity (Wildman–Crippen MR) is 107 cm³/mol. The summed E-state index contributed by atoms with van der Waals surface area (Å²) in [5.74, 6) is 0.739. The van der Waals surface area contributed by atoms with Gasteiger partial charge in [0.1, 0.15) is 8.15 Å². The monoisotopic (exact) mass is 347 g/mol. The summed E-state index contributed by atoms with van der Waals surface area (Å²) in [6.07, 6.45) is 3.91. The van der Waals surface area contributed by atoms with E-state index < -0.39 is 8.15 Å². The molecule has 22 heavy (non-hydrogen) atoms. The van der Waals surface area contributed by atoms with Crippen LogP contribution in [0.3, 0.4) is 0 Å². The fourth-order valence-corrected chi connectivity index (χ4v) is 12.7. The Bertz CT molecular complexity index is 345. The maximum atomic E-state index is 11.0. The molecule has 132 valence electrons. The Kier molecular flexibility index (Phi) is 6.62. The van der Waals surface area contributed by atoms with Gasteiger partial charge in [0.2, 0.25) is 0 Å². The van der Waals surface area contributed by atoms with Gasteiger partial charge in [0.05, 0.1) is 10.8 Å². The molecule has 1 aliphatic carbocycles. The van der Waals surface area contributed by atoms with Crippen molar-refractivity contribution in [2.45, 2.75) is 115 Å². The van der Waals surface area contributed by atoms with Gasteiger partial charge >= 0.3 is 0 Å². The van der Waals surface area contributed by atoms with E-state index in [9.17, 15) is 4.89 Å². The van der Waals surface area contributed by atoms with Gasteiger partial charge in [-0.2, -0.15) is 0 Å². The van der Waals surface area contributed by atoms with Crippen molar-refractivity contribution in [1.29, 1.82) is 0 Å². The van der Waals surface area contributed by atoms with Crippen molar-refractivity contribution in [2.75, 3.05) is 0 Å². The summed E-state index contributed by atoms with van der Waals surface area (Å²) in [5, 5.41) is 0.859. The van der Waals surface area contributed by atoms with Crippen LogP contribution in [0.15, 0.2) is 0 Å². The van der Waals surface area contributed by atoms with Gasteiger partial charge in [-0.25, -0.2) is 0 Å². The standard InChI is InChI=1S/C19H40OP2/c1-14(21(17(2,3)4)18(5,6)7)15-12-11-13-16(15)22(20)19(8,9)10/h14-16,20H,11-13H2,1-10H3/p+1/t14-,15?,16?,22?/m1/s1. The first-order valence-electron chi connectivity index (χ1n) is 9.03. The van der Waals surface area contributed by atoms with E-state index in [2.05, 4.69) is 69.2 Å². The molecule has 4 atom stereocenters. The van der Waals surface area contributed by atoms with Crippen LogP contribution in [0, 0.1) is 5.92 Å². The molecule has 1 nitrogen and oxygen atoms in total. The number of rotatable bonds is 3. The summed E-state index contributed by atoms with van der Waals surface area (Å²) in [4.78, 5) is 11.0. The van der Waals surface area contributed by atoms with Crippen molar-refractivity contribution in [1.82, 2.24) is 0 Å². The highest BCUT2D eigenvalue weighted by Crippen LogP contribution is 2.68. The van der Waals surface area contributed by atoms with E-state index in [1.54, 1.807) is 0 Å². The van der Waals surface area contributed by atoms with Crippen LogP contribution in [0.5, 0.6) is 0 Å². The molecule has 0 spiro atoms. The van der Waals surface area contributed by atoms with Gasteiger partial charge in [0.25, 0.3) is 0 Å². The Hall–Kier alpha value is 0.820. The van der Waals surface area contributed by atoms with Crippen LogP contribution < -0.4 is 0 Å². The molecule has 0 aliphatic heterocycles. The Labute approximate surface area is 142 Å². The highest BCUT2D eigenvalue weighted by Gasteiger charge is 2.50. The van der Waals surface area contributed by atoms with E-state index in [1.807, 2.05) is 0 Å². The topological polar surface area (TPSA) is 20.2 Å². The van der Waals surface area contributed by atoms with Crippen molar-refractivity contribution in [3.8, 4) is 0 Å². The lowest BCUT2D eigenvalue weighted by Crippen LogP contribution is -2.36. The highest BCUT2D eigenvalue weighted by molar-refractivity contribution is 7.61. The molecule has 0 aromatic carbocycles. The lowest BCUT2D eigenvalue weighted by atomic mass is 10.0. The van der Waals surface area contributed by atoms with Crippen LogP contribution in [0.4, 0.5) is 0 Å². The largest absolute Gasteiger partial charge is 0.253 e. The predicted octanol–water partition coefficient (Wildman–Crippen LogP) is 6.54. The van der Waals surface area contributed by atoms with Crippen molar-refractivity contribution < 1.29 is 4.89 Å². The minimum Gasteiger partial charge on any atom is -0.253 e. The molecular formula is C19H41OP2+. The second kappa shape index (κ2) is 6.98. The van der Waals surface area contributed by atoms with Crippen LogP contribution in [0.2, 0.25) is 0 Å². The van der Waals surface area contributed by atoms with Gasteiger partial charge in [-0.3, -0.25) is 4.89 Å². The van der Waals surface area contributed by atoms with Crippen molar-refractivity contribution >= 4 is 16.1 Å². The summed E-state index contributed by atoms with van der Waals surface area (Å²) < 4.78 is 0. The molecule has 3 unspecified atom stereocenters. The molecule has 0 amide bonds. The third-order valence-corrected chi connectivity index (χ3v) is 12.2. The first-order valence-corrected chi connectivity index (χ1v) is 12.0. The number of hydrogen-bond acceptors (Lipinski definition) is 1. The lowest BCUT2D eigenvalue weighted by Gasteiger charge is -2.48. The van der Waals surface area contributed by atoms with Gasteiger partial charge in [-0.15, -0.1) is 0 Å². The fraction of sp³-hybridized carbons (Fsp3) is 1.00. The van der Waals surface area contributed by atoms with Crippen LogP contribution in [0.25, 0.3) is 0 Å². The van der Waals surface area contributed by atoms with Crippen molar-refractivity contribution in [2.24, 2.45) is 5.92 Å². The molecule has 1 aliphatic rings. The summed E-state index contributed by atoms with van der Waals surface area (Å²) in [6, 6.07) is 0. The molecule has 0 bridgehead atoms. The van der Waals surface area contributed by atoms with Gasteiger partial charge in [0, 0.05) is 5.92 Å². The molecule has 1 saturated carbocycles. The average Bonchev–Trinajstić information content (AvgIpc) is 2.70. The second-order valence-electron chi connectivity index (χ2n) is 10.3. The van der Waals surface area contributed by atoms with E-state index in [0.717, 1.165) is 11.6 Å². The Morgan fingerprint density at radius 3 is 1.73 bits per heavy atom. The third-order valence-electron chi connectivity index (χ3n) is 5.16. The zero-order valence-electron chi connectivity index (χ0n) is 16.7. The summed E-state index contributed by atoms with van der Waals surface area (Å²) in [6.45, 7) is 23.8. The zero-order chi connectivity index (χ0) is 17.5. The summed E-state index contributed by atoms with van der Waals surface area (Å²) in [7, 11) is -1.39. The lowest BCUT2D eigenvalue weighted by molar-refractivity contribution is 0.483. The SMILES string of the molecule is C[C@H](C1CCCC1[PH+](O)C(C)(C)C)P(C(C)(C)C)C(C)(C)C. The maximum absolute atomic E-state index is 11.0. The molecule has 0 radical (unpaired) electrons. The first kappa shape index (κ1) is 20.9. The molecule has 0 aromatic heterocycles. The molecule has 0 saturated heterocycles. The van der Waals surface area contributed by atoms with Crippen molar-refractivity contribution in [3.63, 3.8) is 0 Å². The molecule has 3 heteroatoms. The van der Waals surface area contributed by atoms with E-state index in [0.29, 0.717) is 16.0 Å². The van der Waals surface area contributed by atoms with Gasteiger partial charge < -0.3 is 0 Å². The summed E-state index contributed by atoms with van der Waals surface area (Å²) >= 11 is 0.